The van der Waals surface area contributed by atoms with Gasteiger partial charge in [0, 0.05) is 30.0 Å². The summed E-state index contributed by atoms with van der Waals surface area (Å²) in [5.74, 6) is 0. The molecule has 4 heteroatoms. The van der Waals surface area contributed by atoms with Gasteiger partial charge in [-0.3, -0.25) is 4.90 Å². The molecule has 1 saturated heterocycles. The molecule has 1 fully saturated rings. The molecular formula is C15H26N2OS. The fraction of sp³-hybridized carbons (Fsp3) is 0.800. The number of piperidine rings is 1. The number of hydrogen-bond donors (Lipinski definition) is 1. The molecule has 0 aliphatic carbocycles. The molecule has 1 N–H and O–H groups in total. The minimum absolute atomic E-state index is 0.148. The average molecular weight is 282 g/mol. The molecule has 0 aromatic carbocycles. The first-order valence-electron chi connectivity index (χ1n) is 7.30. The quantitative estimate of drug-likeness (QED) is 0.921. The number of nitrogens with zero attached hydrogens (tertiary/aromatic N) is 2. The molecule has 108 valence electrons. The first kappa shape index (κ1) is 14.9. The van der Waals surface area contributed by atoms with E-state index in [1.807, 2.05) is 0 Å². The van der Waals surface area contributed by atoms with Gasteiger partial charge in [0.1, 0.15) is 0 Å². The minimum atomic E-state index is 0.148. The SMILES string of the molecule is CC(C)(C)c1nc(CN2CCCCC2CCO)cs1. The van der Waals surface area contributed by atoms with Gasteiger partial charge in [-0.2, -0.15) is 0 Å². The van der Waals surface area contributed by atoms with Crippen LogP contribution in [0.3, 0.4) is 0 Å². The first-order valence-corrected chi connectivity index (χ1v) is 8.18. The molecule has 1 aromatic rings. The lowest BCUT2D eigenvalue weighted by atomic mass is 9.98. The number of hydrogen-bond acceptors (Lipinski definition) is 4. The molecule has 0 saturated carbocycles. The van der Waals surface area contributed by atoms with Crippen molar-refractivity contribution in [3.63, 3.8) is 0 Å². The lowest BCUT2D eigenvalue weighted by Gasteiger charge is -2.35. The lowest BCUT2D eigenvalue weighted by Crippen LogP contribution is -2.39. The van der Waals surface area contributed by atoms with E-state index in [9.17, 15) is 5.11 Å². The van der Waals surface area contributed by atoms with E-state index in [0.717, 1.165) is 19.5 Å². The summed E-state index contributed by atoms with van der Waals surface area (Å²) in [6.07, 6.45) is 4.69. The molecule has 1 aromatic heterocycles. The maximum Gasteiger partial charge on any atom is 0.0982 e. The molecule has 1 unspecified atom stereocenters. The fourth-order valence-electron chi connectivity index (χ4n) is 2.68. The Balaban J connectivity index is 2.00. The van der Waals surface area contributed by atoms with Gasteiger partial charge in [0.2, 0.25) is 0 Å². The Labute approximate surface area is 120 Å². The van der Waals surface area contributed by atoms with E-state index in [4.69, 9.17) is 4.98 Å². The van der Waals surface area contributed by atoms with Crippen LogP contribution in [-0.4, -0.2) is 34.2 Å². The summed E-state index contributed by atoms with van der Waals surface area (Å²) in [7, 11) is 0. The van der Waals surface area contributed by atoms with Crippen LogP contribution in [0.5, 0.6) is 0 Å². The highest BCUT2D eigenvalue weighted by Gasteiger charge is 2.24. The Kier molecular flexibility index (Phi) is 4.98. The molecule has 0 radical (unpaired) electrons. The van der Waals surface area contributed by atoms with Crippen LogP contribution in [0.25, 0.3) is 0 Å². The molecule has 2 heterocycles. The molecule has 1 atom stereocenters. The Morgan fingerprint density at radius 3 is 2.84 bits per heavy atom. The van der Waals surface area contributed by atoms with E-state index >= 15 is 0 Å². The van der Waals surface area contributed by atoms with Crippen molar-refractivity contribution in [2.24, 2.45) is 0 Å². The van der Waals surface area contributed by atoms with Crippen LogP contribution in [0.2, 0.25) is 0 Å². The van der Waals surface area contributed by atoms with Crippen molar-refractivity contribution in [1.82, 2.24) is 9.88 Å². The number of aliphatic hydroxyl groups excluding tert-OH is 1. The maximum atomic E-state index is 9.17. The van der Waals surface area contributed by atoms with Crippen LogP contribution in [0.1, 0.15) is 57.2 Å². The van der Waals surface area contributed by atoms with Crippen LogP contribution < -0.4 is 0 Å². The van der Waals surface area contributed by atoms with Crippen molar-refractivity contribution < 1.29 is 5.11 Å². The highest BCUT2D eigenvalue weighted by molar-refractivity contribution is 7.09. The number of rotatable bonds is 4. The summed E-state index contributed by atoms with van der Waals surface area (Å²) in [6, 6.07) is 0.540. The lowest BCUT2D eigenvalue weighted by molar-refractivity contribution is 0.111. The Bertz CT molecular complexity index is 395. The van der Waals surface area contributed by atoms with Crippen LogP contribution in [0.4, 0.5) is 0 Å². The van der Waals surface area contributed by atoms with E-state index in [0.29, 0.717) is 12.6 Å². The zero-order valence-corrected chi connectivity index (χ0v) is 13.2. The maximum absolute atomic E-state index is 9.17. The van der Waals surface area contributed by atoms with E-state index < -0.39 is 0 Å². The van der Waals surface area contributed by atoms with Gasteiger partial charge in [-0.05, 0) is 25.8 Å². The van der Waals surface area contributed by atoms with Crippen molar-refractivity contribution in [2.45, 2.75) is 64.5 Å². The van der Waals surface area contributed by atoms with Crippen LogP contribution in [-0.2, 0) is 12.0 Å². The molecule has 2 rings (SSSR count). The molecule has 3 nitrogen and oxygen atoms in total. The molecular weight excluding hydrogens is 256 g/mol. The Morgan fingerprint density at radius 2 is 2.21 bits per heavy atom. The smallest absolute Gasteiger partial charge is 0.0982 e. The fourth-order valence-corrected chi connectivity index (χ4v) is 3.57. The first-order chi connectivity index (χ1) is 9.00. The molecule has 19 heavy (non-hydrogen) atoms. The summed E-state index contributed by atoms with van der Waals surface area (Å²) < 4.78 is 0. The zero-order chi connectivity index (χ0) is 13.9. The number of aliphatic hydroxyl groups is 1. The van der Waals surface area contributed by atoms with Gasteiger partial charge < -0.3 is 5.11 Å². The predicted molar refractivity (Wildman–Crippen MR) is 80.6 cm³/mol. The van der Waals surface area contributed by atoms with Gasteiger partial charge in [-0.25, -0.2) is 4.98 Å². The van der Waals surface area contributed by atoms with Gasteiger partial charge in [0.25, 0.3) is 0 Å². The molecule has 1 aliphatic heterocycles. The van der Waals surface area contributed by atoms with Crippen LogP contribution in [0, 0.1) is 0 Å². The van der Waals surface area contributed by atoms with Crippen molar-refractivity contribution in [1.29, 1.82) is 0 Å². The number of likely N-dealkylation sites (tertiary alicyclic amines) is 1. The molecule has 0 amide bonds. The predicted octanol–water partition coefficient (Wildman–Crippen LogP) is 3.18. The summed E-state index contributed by atoms with van der Waals surface area (Å²) in [4.78, 5) is 7.29. The molecule has 0 bridgehead atoms. The zero-order valence-electron chi connectivity index (χ0n) is 12.4. The van der Waals surface area contributed by atoms with Crippen molar-refractivity contribution in [3.05, 3.63) is 16.1 Å². The summed E-state index contributed by atoms with van der Waals surface area (Å²) in [5, 5.41) is 12.6. The molecule has 1 aliphatic rings. The normalized spacial score (nSPS) is 21.8. The van der Waals surface area contributed by atoms with Crippen LogP contribution >= 0.6 is 11.3 Å². The van der Waals surface area contributed by atoms with Crippen molar-refractivity contribution in [2.75, 3.05) is 13.2 Å². The number of thiazole rings is 1. The second-order valence-electron chi connectivity index (χ2n) is 6.53. The van der Waals surface area contributed by atoms with E-state index in [1.54, 1.807) is 11.3 Å². The summed E-state index contributed by atoms with van der Waals surface area (Å²) >= 11 is 1.77. The number of aromatic nitrogens is 1. The monoisotopic (exact) mass is 282 g/mol. The summed E-state index contributed by atoms with van der Waals surface area (Å²) in [6.45, 7) is 9.02. The second-order valence-corrected chi connectivity index (χ2v) is 7.38. The van der Waals surface area contributed by atoms with Gasteiger partial charge >= 0.3 is 0 Å². The summed E-state index contributed by atoms with van der Waals surface area (Å²) in [5.41, 5.74) is 1.34. The third kappa shape index (κ3) is 4.01. The standard InChI is InChI=1S/C15H26N2OS/c1-15(2,3)14-16-12(11-19-14)10-17-8-5-4-6-13(17)7-9-18/h11,13,18H,4-10H2,1-3H3. The van der Waals surface area contributed by atoms with Crippen molar-refractivity contribution in [3.8, 4) is 0 Å². The van der Waals surface area contributed by atoms with Gasteiger partial charge in [-0.1, -0.05) is 27.2 Å². The van der Waals surface area contributed by atoms with E-state index in [1.165, 1.54) is 30.0 Å². The highest BCUT2D eigenvalue weighted by atomic mass is 32.1. The third-order valence-corrected chi connectivity index (χ3v) is 5.09. The topological polar surface area (TPSA) is 36.4 Å². The molecule has 0 spiro atoms. The van der Waals surface area contributed by atoms with Gasteiger partial charge in [-0.15, -0.1) is 11.3 Å². The van der Waals surface area contributed by atoms with Gasteiger partial charge in [0.15, 0.2) is 0 Å². The Morgan fingerprint density at radius 1 is 1.42 bits per heavy atom. The Hall–Kier alpha value is -0.450. The average Bonchev–Trinajstić information content (AvgIpc) is 2.80. The highest BCUT2D eigenvalue weighted by Crippen LogP contribution is 2.27. The van der Waals surface area contributed by atoms with E-state index in [2.05, 4.69) is 31.1 Å². The largest absolute Gasteiger partial charge is 0.396 e. The minimum Gasteiger partial charge on any atom is -0.396 e. The van der Waals surface area contributed by atoms with Crippen molar-refractivity contribution >= 4 is 11.3 Å². The van der Waals surface area contributed by atoms with Gasteiger partial charge in [0.05, 0.1) is 10.7 Å². The second kappa shape index (κ2) is 6.33. The van der Waals surface area contributed by atoms with Crippen LogP contribution in [0.15, 0.2) is 5.38 Å². The van der Waals surface area contributed by atoms with E-state index in [-0.39, 0.29) is 5.41 Å². The third-order valence-electron chi connectivity index (χ3n) is 3.77.